The number of hydrogen-bond donors (Lipinski definition) is 0. The lowest BCUT2D eigenvalue weighted by molar-refractivity contribution is 0.0696. The Morgan fingerprint density at radius 3 is 2.25 bits per heavy atom. The molecular weight excluding hydrogens is 292 g/mol. The average molecular weight is 329 g/mol. The summed E-state index contributed by atoms with van der Waals surface area (Å²) in [5.41, 5.74) is 3.26. The number of benzene rings is 1. The van der Waals surface area contributed by atoms with Gasteiger partial charge in [-0.3, -0.25) is 4.90 Å². The standard InChI is InChI=1S/C22H36N2/c1-18-7-9-20(10-8-18)21-6-5-13-23(17-21)16-19-11-14-24(15-12-19)22(2,3)4/h7-10,19,21H,5-6,11-17H2,1-4H3. The summed E-state index contributed by atoms with van der Waals surface area (Å²) in [4.78, 5) is 5.42. The zero-order valence-electron chi connectivity index (χ0n) is 16.2. The van der Waals surface area contributed by atoms with Crippen LogP contribution < -0.4 is 0 Å². The van der Waals surface area contributed by atoms with E-state index in [1.807, 2.05) is 0 Å². The van der Waals surface area contributed by atoms with Crippen LogP contribution in [0.3, 0.4) is 0 Å². The fourth-order valence-electron chi connectivity index (χ4n) is 4.48. The number of rotatable bonds is 3. The summed E-state index contributed by atoms with van der Waals surface area (Å²) in [6.07, 6.45) is 5.48. The lowest BCUT2D eigenvalue weighted by Gasteiger charge is -2.42. The highest BCUT2D eigenvalue weighted by molar-refractivity contribution is 5.25. The summed E-state index contributed by atoms with van der Waals surface area (Å²) in [5, 5.41) is 0. The van der Waals surface area contributed by atoms with Crippen molar-refractivity contribution in [1.29, 1.82) is 0 Å². The monoisotopic (exact) mass is 328 g/mol. The van der Waals surface area contributed by atoms with E-state index in [9.17, 15) is 0 Å². The summed E-state index contributed by atoms with van der Waals surface area (Å²) >= 11 is 0. The van der Waals surface area contributed by atoms with Gasteiger partial charge in [-0.25, -0.2) is 0 Å². The van der Waals surface area contributed by atoms with Gasteiger partial charge in [0.05, 0.1) is 0 Å². The van der Waals surface area contributed by atoms with Crippen LogP contribution in [0.1, 0.15) is 63.5 Å². The Bertz CT molecular complexity index is 506. The van der Waals surface area contributed by atoms with Gasteiger partial charge in [0.25, 0.3) is 0 Å². The molecule has 2 heteroatoms. The minimum absolute atomic E-state index is 0.340. The van der Waals surface area contributed by atoms with Crippen molar-refractivity contribution in [1.82, 2.24) is 9.80 Å². The number of nitrogens with zero attached hydrogens (tertiary/aromatic N) is 2. The first-order chi connectivity index (χ1) is 11.4. The zero-order chi connectivity index (χ0) is 17.2. The van der Waals surface area contributed by atoms with E-state index in [-0.39, 0.29) is 0 Å². The van der Waals surface area contributed by atoms with E-state index in [4.69, 9.17) is 0 Å². The van der Waals surface area contributed by atoms with Crippen LogP contribution in [0.2, 0.25) is 0 Å². The minimum Gasteiger partial charge on any atom is -0.302 e. The topological polar surface area (TPSA) is 6.48 Å². The fourth-order valence-corrected chi connectivity index (χ4v) is 4.48. The molecule has 0 radical (unpaired) electrons. The van der Waals surface area contributed by atoms with Gasteiger partial charge >= 0.3 is 0 Å². The first-order valence-electron chi connectivity index (χ1n) is 9.96. The van der Waals surface area contributed by atoms with E-state index in [0.29, 0.717) is 5.54 Å². The number of hydrogen-bond acceptors (Lipinski definition) is 2. The van der Waals surface area contributed by atoms with Gasteiger partial charge in [0.2, 0.25) is 0 Å². The first-order valence-corrected chi connectivity index (χ1v) is 9.96. The Labute approximate surface area is 149 Å². The molecule has 1 aromatic carbocycles. The van der Waals surface area contributed by atoms with Crippen molar-refractivity contribution in [3.63, 3.8) is 0 Å². The molecule has 2 aliphatic rings. The van der Waals surface area contributed by atoms with Crippen LogP contribution in [0, 0.1) is 12.8 Å². The molecule has 2 aliphatic heterocycles. The Kier molecular flexibility index (Phi) is 5.66. The van der Waals surface area contributed by atoms with Crippen molar-refractivity contribution in [2.45, 2.75) is 64.8 Å². The van der Waals surface area contributed by atoms with Crippen molar-refractivity contribution in [2.24, 2.45) is 5.92 Å². The molecule has 2 heterocycles. The summed E-state index contributed by atoms with van der Waals surface area (Å²) in [6, 6.07) is 9.25. The quantitative estimate of drug-likeness (QED) is 0.794. The summed E-state index contributed by atoms with van der Waals surface area (Å²) in [5.74, 6) is 1.65. The highest BCUT2D eigenvalue weighted by Crippen LogP contribution is 2.30. The Balaban J connectivity index is 1.50. The molecule has 0 aliphatic carbocycles. The van der Waals surface area contributed by atoms with Crippen LogP contribution in [0.25, 0.3) is 0 Å². The highest BCUT2D eigenvalue weighted by atomic mass is 15.2. The predicted molar refractivity (Wildman–Crippen MR) is 104 cm³/mol. The molecule has 0 bridgehead atoms. The third-order valence-electron chi connectivity index (χ3n) is 6.13. The van der Waals surface area contributed by atoms with Crippen molar-refractivity contribution in [2.75, 3.05) is 32.7 Å². The van der Waals surface area contributed by atoms with Crippen molar-refractivity contribution in [3.05, 3.63) is 35.4 Å². The molecule has 0 N–H and O–H groups in total. The molecule has 2 saturated heterocycles. The van der Waals surface area contributed by atoms with Gasteiger partial charge in [0.1, 0.15) is 0 Å². The maximum absolute atomic E-state index is 2.76. The molecular formula is C22H36N2. The molecule has 0 amide bonds. The van der Waals surface area contributed by atoms with Crippen molar-refractivity contribution < 1.29 is 0 Å². The maximum atomic E-state index is 2.76. The first kappa shape index (κ1) is 17.9. The molecule has 3 rings (SSSR count). The third-order valence-corrected chi connectivity index (χ3v) is 6.13. The molecule has 0 saturated carbocycles. The van der Waals surface area contributed by atoms with Crippen LogP contribution >= 0.6 is 0 Å². The Morgan fingerprint density at radius 2 is 1.62 bits per heavy atom. The Hall–Kier alpha value is -0.860. The second kappa shape index (κ2) is 7.58. The molecule has 24 heavy (non-hydrogen) atoms. The van der Waals surface area contributed by atoms with Gasteiger partial charge in [0.15, 0.2) is 0 Å². The van der Waals surface area contributed by atoms with Gasteiger partial charge in [-0.1, -0.05) is 29.8 Å². The van der Waals surface area contributed by atoms with Gasteiger partial charge in [-0.2, -0.15) is 0 Å². The number of piperidine rings is 2. The summed E-state index contributed by atoms with van der Waals surface area (Å²) in [6.45, 7) is 15.7. The summed E-state index contributed by atoms with van der Waals surface area (Å²) < 4.78 is 0. The van der Waals surface area contributed by atoms with Crippen LogP contribution in [0.4, 0.5) is 0 Å². The fraction of sp³-hybridized carbons (Fsp3) is 0.727. The Morgan fingerprint density at radius 1 is 0.958 bits per heavy atom. The van der Waals surface area contributed by atoms with Gasteiger partial charge in [-0.15, -0.1) is 0 Å². The largest absolute Gasteiger partial charge is 0.302 e. The van der Waals surface area contributed by atoms with Gasteiger partial charge < -0.3 is 4.90 Å². The molecule has 0 spiro atoms. The molecule has 1 aromatic rings. The van der Waals surface area contributed by atoms with E-state index in [1.165, 1.54) is 64.0 Å². The second-order valence-electron chi connectivity index (χ2n) is 9.11. The van der Waals surface area contributed by atoms with Gasteiger partial charge in [0, 0.05) is 18.6 Å². The van der Waals surface area contributed by atoms with E-state index in [2.05, 4.69) is 61.8 Å². The van der Waals surface area contributed by atoms with Crippen LogP contribution in [0.15, 0.2) is 24.3 Å². The molecule has 2 fully saturated rings. The molecule has 1 unspecified atom stereocenters. The SMILES string of the molecule is Cc1ccc(C2CCCN(CC3CCN(C(C)(C)C)CC3)C2)cc1. The third kappa shape index (κ3) is 4.61. The number of aryl methyl sites for hydroxylation is 1. The van der Waals surface area contributed by atoms with Crippen LogP contribution in [-0.2, 0) is 0 Å². The lowest BCUT2D eigenvalue weighted by Crippen LogP contribution is -2.48. The predicted octanol–water partition coefficient (Wildman–Crippen LogP) is 4.68. The molecule has 0 aromatic heterocycles. The van der Waals surface area contributed by atoms with Crippen LogP contribution in [0.5, 0.6) is 0 Å². The number of likely N-dealkylation sites (tertiary alicyclic amines) is 2. The van der Waals surface area contributed by atoms with Crippen LogP contribution in [-0.4, -0.2) is 48.1 Å². The van der Waals surface area contributed by atoms with E-state index in [0.717, 1.165) is 11.8 Å². The lowest BCUT2D eigenvalue weighted by atomic mass is 9.88. The highest BCUT2D eigenvalue weighted by Gasteiger charge is 2.29. The molecule has 134 valence electrons. The average Bonchev–Trinajstić information content (AvgIpc) is 2.55. The van der Waals surface area contributed by atoms with E-state index < -0.39 is 0 Å². The van der Waals surface area contributed by atoms with E-state index >= 15 is 0 Å². The second-order valence-corrected chi connectivity index (χ2v) is 9.11. The minimum atomic E-state index is 0.340. The smallest absolute Gasteiger partial charge is 0.0125 e. The van der Waals surface area contributed by atoms with Crippen molar-refractivity contribution in [3.8, 4) is 0 Å². The molecule has 2 nitrogen and oxygen atoms in total. The van der Waals surface area contributed by atoms with Crippen molar-refractivity contribution >= 4 is 0 Å². The maximum Gasteiger partial charge on any atom is 0.0125 e. The summed E-state index contributed by atoms with van der Waals surface area (Å²) in [7, 11) is 0. The molecule has 1 atom stereocenters. The van der Waals surface area contributed by atoms with E-state index in [1.54, 1.807) is 5.56 Å². The zero-order valence-corrected chi connectivity index (χ0v) is 16.2. The normalized spacial score (nSPS) is 25.1. The van der Waals surface area contributed by atoms with Gasteiger partial charge in [-0.05, 0) is 90.4 Å².